The van der Waals surface area contributed by atoms with Crippen LogP contribution in [0.1, 0.15) is 37.3 Å². The fourth-order valence-electron chi connectivity index (χ4n) is 3.01. The van der Waals surface area contributed by atoms with E-state index in [1.54, 1.807) is 12.1 Å². The summed E-state index contributed by atoms with van der Waals surface area (Å²) >= 11 is 7.68. The number of nitrogens with one attached hydrogen (secondary N) is 1. The van der Waals surface area contributed by atoms with Crippen molar-refractivity contribution >= 4 is 40.3 Å². The highest BCUT2D eigenvalue weighted by Gasteiger charge is 2.32. The van der Waals surface area contributed by atoms with E-state index in [0.717, 1.165) is 23.3 Å². The third-order valence-corrected chi connectivity index (χ3v) is 5.84. The second kappa shape index (κ2) is 10.5. The molecule has 0 unspecified atom stereocenters. The molecule has 0 saturated heterocycles. The second-order valence-electron chi connectivity index (χ2n) is 6.77. The molecule has 2 aromatic rings. The molecule has 0 saturated carbocycles. The van der Waals surface area contributed by atoms with E-state index in [0.29, 0.717) is 29.2 Å². The number of carbonyl (C=O) groups excluding carboxylic acids is 2. The van der Waals surface area contributed by atoms with E-state index in [2.05, 4.69) is 17.3 Å². The zero-order valence-electron chi connectivity index (χ0n) is 17.6. The minimum Gasteiger partial charge on any atom is -0.490 e. The van der Waals surface area contributed by atoms with Crippen LogP contribution >= 0.6 is 23.4 Å². The molecule has 1 atom stereocenters. The fourth-order valence-corrected chi connectivity index (χ4v) is 4.38. The lowest BCUT2D eigenvalue weighted by Gasteiger charge is -2.20. The number of aryl methyl sites for hydroxylation is 1. The average Bonchev–Trinajstić information content (AvgIpc) is 3.15. The number of rotatable bonds is 7. The van der Waals surface area contributed by atoms with Crippen LogP contribution in [0.25, 0.3) is 0 Å². The summed E-state index contributed by atoms with van der Waals surface area (Å²) in [7, 11) is 0. The first-order chi connectivity index (χ1) is 14.9. The van der Waals surface area contributed by atoms with Gasteiger partial charge in [0.15, 0.2) is 5.17 Å². The Morgan fingerprint density at radius 2 is 1.84 bits per heavy atom. The molecule has 1 aliphatic rings. The van der Waals surface area contributed by atoms with Crippen LogP contribution in [-0.2, 0) is 16.0 Å². The van der Waals surface area contributed by atoms with Gasteiger partial charge in [0, 0.05) is 13.8 Å². The van der Waals surface area contributed by atoms with Crippen molar-refractivity contribution in [2.45, 2.75) is 32.6 Å². The Balaban J connectivity index is 1.61. The zero-order valence-corrected chi connectivity index (χ0v) is 19.1. The Labute approximate surface area is 190 Å². The SMILES string of the molecule is CCc1ccccc1OCCOc1ccc([C@@H]2SC(NC(C)=O)=NN2C(C)=O)cc1Cl. The van der Waals surface area contributed by atoms with Crippen LogP contribution in [0.15, 0.2) is 47.6 Å². The predicted molar refractivity (Wildman–Crippen MR) is 122 cm³/mol. The van der Waals surface area contributed by atoms with Crippen molar-refractivity contribution in [2.75, 3.05) is 13.2 Å². The van der Waals surface area contributed by atoms with Gasteiger partial charge < -0.3 is 14.8 Å². The molecule has 1 N–H and O–H groups in total. The Hall–Kier alpha value is -2.71. The van der Waals surface area contributed by atoms with Crippen molar-refractivity contribution in [1.29, 1.82) is 0 Å². The van der Waals surface area contributed by atoms with E-state index in [-0.39, 0.29) is 11.8 Å². The van der Waals surface area contributed by atoms with E-state index in [4.69, 9.17) is 21.1 Å². The van der Waals surface area contributed by atoms with Crippen molar-refractivity contribution in [3.8, 4) is 11.5 Å². The monoisotopic (exact) mass is 461 g/mol. The normalized spacial score (nSPS) is 15.4. The zero-order chi connectivity index (χ0) is 22.4. The number of carbonyl (C=O) groups is 2. The summed E-state index contributed by atoms with van der Waals surface area (Å²) in [5.41, 5.74) is 1.92. The summed E-state index contributed by atoms with van der Waals surface area (Å²) in [4.78, 5) is 23.3. The topological polar surface area (TPSA) is 80.2 Å². The van der Waals surface area contributed by atoms with E-state index < -0.39 is 5.37 Å². The molecule has 2 amide bonds. The van der Waals surface area contributed by atoms with E-state index in [1.807, 2.05) is 30.3 Å². The molecule has 0 bridgehead atoms. The van der Waals surface area contributed by atoms with Crippen LogP contribution in [0.4, 0.5) is 0 Å². The van der Waals surface area contributed by atoms with E-state index in [1.165, 1.54) is 30.6 Å². The van der Waals surface area contributed by atoms with Gasteiger partial charge in [-0.2, -0.15) is 0 Å². The smallest absolute Gasteiger partial charge is 0.241 e. The van der Waals surface area contributed by atoms with Gasteiger partial charge in [0.25, 0.3) is 0 Å². The average molecular weight is 462 g/mol. The van der Waals surface area contributed by atoms with Crippen molar-refractivity contribution < 1.29 is 19.1 Å². The molecule has 2 aromatic carbocycles. The molecule has 0 aromatic heterocycles. The summed E-state index contributed by atoms with van der Waals surface area (Å²) in [5.74, 6) is 0.894. The highest BCUT2D eigenvalue weighted by atomic mass is 35.5. The molecule has 0 radical (unpaired) electrons. The summed E-state index contributed by atoms with van der Waals surface area (Å²) in [5, 5.41) is 8.49. The molecule has 7 nitrogen and oxygen atoms in total. The summed E-state index contributed by atoms with van der Waals surface area (Å²) in [6.45, 7) is 5.62. The number of hydrogen-bond acceptors (Lipinski definition) is 6. The lowest BCUT2D eigenvalue weighted by atomic mass is 10.1. The minimum atomic E-state index is -0.417. The minimum absolute atomic E-state index is 0.237. The first-order valence-electron chi connectivity index (χ1n) is 9.84. The number of halogens is 1. The van der Waals surface area contributed by atoms with Gasteiger partial charge >= 0.3 is 0 Å². The number of hydrazone groups is 1. The van der Waals surface area contributed by atoms with Crippen LogP contribution in [0, 0.1) is 0 Å². The number of benzene rings is 2. The standard InChI is InChI=1S/C22H24ClN3O4S/c1-4-16-7-5-6-8-19(16)29-11-12-30-20-10-9-17(13-18(20)23)21-26(15(3)28)25-22(31-21)24-14(2)27/h5-10,13,21H,4,11-12H2,1-3H3,(H,24,25,27)/t21-/m0/s1. The largest absolute Gasteiger partial charge is 0.490 e. The quantitative estimate of drug-likeness (QED) is 0.619. The fraction of sp³-hybridized carbons (Fsp3) is 0.318. The molecule has 1 heterocycles. The van der Waals surface area contributed by atoms with Gasteiger partial charge in [0.1, 0.15) is 30.1 Å². The summed E-state index contributed by atoms with van der Waals surface area (Å²) in [6.07, 6.45) is 0.897. The summed E-state index contributed by atoms with van der Waals surface area (Å²) in [6, 6.07) is 13.2. The highest BCUT2D eigenvalue weighted by Crippen LogP contribution is 2.40. The van der Waals surface area contributed by atoms with Gasteiger partial charge in [-0.05, 0) is 35.7 Å². The van der Waals surface area contributed by atoms with Crippen molar-refractivity contribution in [2.24, 2.45) is 5.10 Å². The maximum atomic E-state index is 12.0. The Bertz CT molecular complexity index is 998. The highest BCUT2D eigenvalue weighted by molar-refractivity contribution is 8.14. The maximum absolute atomic E-state index is 12.0. The summed E-state index contributed by atoms with van der Waals surface area (Å²) < 4.78 is 11.6. The molecule has 0 spiro atoms. The number of para-hydroxylation sites is 1. The van der Waals surface area contributed by atoms with Gasteiger partial charge in [0.2, 0.25) is 11.8 Å². The van der Waals surface area contributed by atoms with Gasteiger partial charge in [-0.15, -0.1) is 5.10 Å². The predicted octanol–water partition coefficient (Wildman–Crippen LogP) is 4.36. The number of thioether (sulfide) groups is 1. The molecule has 3 rings (SSSR count). The van der Waals surface area contributed by atoms with Crippen LogP contribution < -0.4 is 14.8 Å². The van der Waals surface area contributed by atoms with Gasteiger partial charge in [0.05, 0.1) is 5.02 Å². The number of hydrogen-bond donors (Lipinski definition) is 1. The molecule has 9 heteroatoms. The van der Waals surface area contributed by atoms with Crippen molar-refractivity contribution in [3.63, 3.8) is 0 Å². The molecule has 0 fully saturated rings. The lowest BCUT2D eigenvalue weighted by Crippen LogP contribution is -2.25. The van der Waals surface area contributed by atoms with Crippen LogP contribution in [0.5, 0.6) is 11.5 Å². The van der Waals surface area contributed by atoms with Gasteiger partial charge in [-0.1, -0.05) is 54.6 Å². The van der Waals surface area contributed by atoms with E-state index in [9.17, 15) is 9.59 Å². The van der Waals surface area contributed by atoms with Gasteiger partial charge in [-0.3, -0.25) is 9.59 Å². The first kappa shape index (κ1) is 23.0. The van der Waals surface area contributed by atoms with E-state index >= 15 is 0 Å². The molecule has 1 aliphatic heterocycles. The number of amidine groups is 1. The van der Waals surface area contributed by atoms with Crippen molar-refractivity contribution in [3.05, 3.63) is 58.6 Å². The van der Waals surface area contributed by atoms with Crippen LogP contribution in [0.2, 0.25) is 5.02 Å². The van der Waals surface area contributed by atoms with Gasteiger partial charge in [-0.25, -0.2) is 5.01 Å². The molecular weight excluding hydrogens is 438 g/mol. The number of nitrogens with zero attached hydrogens (tertiary/aromatic N) is 2. The van der Waals surface area contributed by atoms with Crippen LogP contribution in [-0.4, -0.2) is 35.2 Å². The Morgan fingerprint density at radius 1 is 1.13 bits per heavy atom. The third-order valence-electron chi connectivity index (χ3n) is 4.44. The molecule has 31 heavy (non-hydrogen) atoms. The Kier molecular flexibility index (Phi) is 7.81. The molecule has 0 aliphatic carbocycles. The number of ether oxygens (including phenoxy) is 2. The van der Waals surface area contributed by atoms with Crippen molar-refractivity contribution in [1.82, 2.24) is 10.3 Å². The van der Waals surface area contributed by atoms with Crippen LogP contribution in [0.3, 0.4) is 0 Å². The maximum Gasteiger partial charge on any atom is 0.241 e. The third kappa shape index (κ3) is 5.92. The lowest BCUT2D eigenvalue weighted by molar-refractivity contribution is -0.129. The Morgan fingerprint density at radius 3 is 2.48 bits per heavy atom. The number of amides is 2. The second-order valence-corrected chi connectivity index (χ2v) is 8.24. The first-order valence-corrected chi connectivity index (χ1v) is 11.1. The molecule has 164 valence electrons. The molecular formula is C22H24ClN3O4S.